The van der Waals surface area contributed by atoms with Crippen LogP contribution >= 0.6 is 0 Å². The van der Waals surface area contributed by atoms with E-state index in [0.717, 1.165) is 39.0 Å². The Labute approximate surface area is 178 Å². The fraction of sp³-hybridized carbons (Fsp3) is 0.684. The Kier molecular flexibility index (Phi) is 8.57. The quantitative estimate of drug-likeness (QED) is 0.697. The molecule has 2 fully saturated rings. The number of likely N-dealkylation sites (tertiary alicyclic amines) is 1. The van der Waals surface area contributed by atoms with Gasteiger partial charge in [-0.2, -0.15) is 13.2 Å². The van der Waals surface area contributed by atoms with E-state index in [4.69, 9.17) is 19.4 Å². The van der Waals surface area contributed by atoms with E-state index in [-0.39, 0.29) is 11.5 Å². The van der Waals surface area contributed by atoms with Gasteiger partial charge in [-0.05, 0) is 39.3 Å². The van der Waals surface area contributed by atoms with E-state index >= 15 is 0 Å². The molecule has 0 aromatic carbocycles. The number of aliphatic carboxylic acids is 1. The minimum absolute atomic E-state index is 0.128. The molecule has 1 unspecified atom stereocenters. The Bertz CT molecular complexity index is 727. The number of hydrogen-bond donors (Lipinski definition) is 1. The SMILES string of the molecule is CN(C)CC(=O)N1CC2(CC(CCOc3cnccn3)CCO2)C1.O=C(O)C(F)(F)F. The van der Waals surface area contributed by atoms with Crippen molar-refractivity contribution >= 4 is 11.9 Å². The number of amides is 1. The number of alkyl halides is 3. The molecule has 2 aliphatic heterocycles. The summed E-state index contributed by atoms with van der Waals surface area (Å²) in [5.41, 5.74) is -0.128. The molecule has 3 heterocycles. The summed E-state index contributed by atoms with van der Waals surface area (Å²) in [5.74, 6) is -1.43. The van der Waals surface area contributed by atoms with Gasteiger partial charge >= 0.3 is 12.1 Å². The summed E-state index contributed by atoms with van der Waals surface area (Å²) in [5, 5.41) is 7.12. The van der Waals surface area contributed by atoms with Gasteiger partial charge in [0.1, 0.15) is 5.60 Å². The summed E-state index contributed by atoms with van der Waals surface area (Å²) in [4.78, 5) is 32.9. The molecule has 2 aliphatic rings. The highest BCUT2D eigenvalue weighted by atomic mass is 19.4. The molecule has 1 aromatic heterocycles. The maximum atomic E-state index is 12.1. The first-order valence-corrected chi connectivity index (χ1v) is 9.76. The lowest BCUT2D eigenvalue weighted by atomic mass is 9.79. The number of ether oxygens (including phenoxy) is 2. The van der Waals surface area contributed by atoms with Crippen molar-refractivity contribution < 1.29 is 37.3 Å². The number of carboxylic acids is 1. The van der Waals surface area contributed by atoms with Crippen molar-refractivity contribution in [2.45, 2.75) is 31.0 Å². The maximum absolute atomic E-state index is 12.1. The first-order valence-electron chi connectivity index (χ1n) is 9.76. The molecule has 12 heteroatoms. The number of likely N-dealkylation sites (N-methyl/N-ethyl adjacent to an activating group) is 1. The monoisotopic (exact) mass is 448 g/mol. The summed E-state index contributed by atoms with van der Waals surface area (Å²) in [7, 11) is 3.83. The summed E-state index contributed by atoms with van der Waals surface area (Å²) in [6.07, 6.45) is 2.85. The molecule has 1 aromatic rings. The molecule has 1 spiro atoms. The zero-order chi connectivity index (χ0) is 23.1. The summed E-state index contributed by atoms with van der Waals surface area (Å²) >= 11 is 0. The zero-order valence-corrected chi connectivity index (χ0v) is 17.5. The normalized spacial score (nSPS) is 19.9. The third-order valence-electron chi connectivity index (χ3n) is 4.92. The van der Waals surface area contributed by atoms with Crippen LogP contribution < -0.4 is 4.74 Å². The Morgan fingerprint density at radius 1 is 1.35 bits per heavy atom. The second-order valence-electron chi connectivity index (χ2n) is 7.86. The van der Waals surface area contributed by atoms with Gasteiger partial charge in [0.25, 0.3) is 0 Å². The fourth-order valence-electron chi connectivity index (χ4n) is 3.48. The molecule has 0 bridgehead atoms. The Hall–Kier alpha value is -2.47. The minimum atomic E-state index is -5.08. The molecular formula is C19H27F3N4O5. The van der Waals surface area contributed by atoms with Crippen molar-refractivity contribution in [3.63, 3.8) is 0 Å². The minimum Gasteiger partial charge on any atom is -0.477 e. The molecule has 1 atom stereocenters. The molecule has 2 saturated heterocycles. The number of carbonyl (C=O) groups excluding carboxylic acids is 1. The molecule has 0 aliphatic carbocycles. The van der Waals surface area contributed by atoms with Gasteiger partial charge in [-0.25, -0.2) is 9.78 Å². The number of carbonyl (C=O) groups is 2. The summed E-state index contributed by atoms with van der Waals surface area (Å²) in [6.45, 7) is 3.32. The number of aromatic nitrogens is 2. The van der Waals surface area contributed by atoms with Crippen LogP contribution in [-0.2, 0) is 14.3 Å². The third kappa shape index (κ3) is 7.94. The molecule has 9 nitrogen and oxygen atoms in total. The van der Waals surface area contributed by atoms with Crippen molar-refractivity contribution in [2.24, 2.45) is 5.92 Å². The van der Waals surface area contributed by atoms with E-state index in [2.05, 4.69) is 9.97 Å². The van der Waals surface area contributed by atoms with Crippen LogP contribution in [0.4, 0.5) is 13.2 Å². The molecule has 3 rings (SSSR count). The van der Waals surface area contributed by atoms with Crippen molar-refractivity contribution in [1.82, 2.24) is 19.8 Å². The average molecular weight is 448 g/mol. The van der Waals surface area contributed by atoms with E-state index in [9.17, 15) is 18.0 Å². The standard InChI is InChI=1S/C17H26N4O3.C2HF3O2/c1-20(2)11-16(22)21-12-17(13-21)9-14(4-8-24-17)3-7-23-15-10-18-5-6-19-15;3-2(4,5)1(6)7/h5-6,10,14H,3-4,7-9,11-13H2,1-2H3;(H,6,7). The van der Waals surface area contributed by atoms with Crippen molar-refractivity contribution in [3.05, 3.63) is 18.6 Å². The van der Waals surface area contributed by atoms with E-state index in [0.29, 0.717) is 24.9 Å². The van der Waals surface area contributed by atoms with Crippen LogP contribution in [0.5, 0.6) is 5.88 Å². The number of hydrogen-bond acceptors (Lipinski definition) is 7. The van der Waals surface area contributed by atoms with Gasteiger partial charge in [-0.15, -0.1) is 0 Å². The van der Waals surface area contributed by atoms with Crippen LogP contribution in [0.3, 0.4) is 0 Å². The fourth-order valence-corrected chi connectivity index (χ4v) is 3.48. The lowest BCUT2D eigenvalue weighted by Crippen LogP contribution is -2.67. The average Bonchev–Trinajstić information content (AvgIpc) is 2.66. The second kappa shape index (κ2) is 10.7. The van der Waals surface area contributed by atoms with Gasteiger partial charge in [-0.3, -0.25) is 9.78 Å². The van der Waals surface area contributed by atoms with Crippen LogP contribution in [0, 0.1) is 5.92 Å². The lowest BCUT2D eigenvalue weighted by molar-refractivity contribution is -0.192. The molecule has 31 heavy (non-hydrogen) atoms. The topological polar surface area (TPSA) is 105 Å². The number of nitrogens with zero attached hydrogens (tertiary/aromatic N) is 4. The predicted octanol–water partition coefficient (Wildman–Crippen LogP) is 1.45. The van der Waals surface area contributed by atoms with E-state index < -0.39 is 12.1 Å². The van der Waals surface area contributed by atoms with Crippen LogP contribution in [0.2, 0.25) is 0 Å². The largest absolute Gasteiger partial charge is 0.490 e. The maximum Gasteiger partial charge on any atom is 0.490 e. The molecule has 0 radical (unpaired) electrons. The second-order valence-corrected chi connectivity index (χ2v) is 7.86. The van der Waals surface area contributed by atoms with E-state index in [1.54, 1.807) is 18.6 Å². The van der Waals surface area contributed by atoms with Gasteiger partial charge in [0, 0.05) is 19.0 Å². The van der Waals surface area contributed by atoms with Crippen LogP contribution in [0.1, 0.15) is 19.3 Å². The Morgan fingerprint density at radius 3 is 2.58 bits per heavy atom. The van der Waals surface area contributed by atoms with Gasteiger partial charge in [0.05, 0.1) is 32.4 Å². The number of rotatable bonds is 6. The molecule has 1 amide bonds. The van der Waals surface area contributed by atoms with Crippen LogP contribution in [-0.4, -0.2) is 95.5 Å². The molecular weight excluding hydrogens is 421 g/mol. The zero-order valence-electron chi connectivity index (χ0n) is 17.5. The van der Waals surface area contributed by atoms with Crippen molar-refractivity contribution in [3.8, 4) is 5.88 Å². The van der Waals surface area contributed by atoms with E-state index in [1.807, 2.05) is 23.9 Å². The van der Waals surface area contributed by atoms with Gasteiger partial charge < -0.3 is 24.4 Å². The highest BCUT2D eigenvalue weighted by Crippen LogP contribution is 2.38. The highest BCUT2D eigenvalue weighted by molar-refractivity contribution is 5.79. The Balaban J connectivity index is 0.000000423. The first-order chi connectivity index (χ1) is 14.5. The first kappa shape index (κ1) is 24.8. The summed E-state index contributed by atoms with van der Waals surface area (Å²) < 4.78 is 43.4. The number of carboxylic acid groups (broad SMARTS) is 1. The highest BCUT2D eigenvalue weighted by Gasteiger charge is 2.49. The lowest BCUT2D eigenvalue weighted by Gasteiger charge is -2.53. The van der Waals surface area contributed by atoms with Gasteiger partial charge in [-0.1, -0.05) is 0 Å². The van der Waals surface area contributed by atoms with Gasteiger partial charge in [0.15, 0.2) is 0 Å². The van der Waals surface area contributed by atoms with Crippen LogP contribution in [0.15, 0.2) is 18.6 Å². The van der Waals surface area contributed by atoms with Gasteiger partial charge in [0.2, 0.25) is 11.8 Å². The Morgan fingerprint density at radius 2 is 2.03 bits per heavy atom. The van der Waals surface area contributed by atoms with Crippen molar-refractivity contribution in [1.29, 1.82) is 0 Å². The summed E-state index contributed by atoms with van der Waals surface area (Å²) in [6, 6.07) is 0. The predicted molar refractivity (Wildman–Crippen MR) is 102 cm³/mol. The molecule has 0 saturated carbocycles. The molecule has 174 valence electrons. The van der Waals surface area contributed by atoms with Crippen LogP contribution in [0.25, 0.3) is 0 Å². The smallest absolute Gasteiger partial charge is 0.477 e. The van der Waals surface area contributed by atoms with Crippen molar-refractivity contribution in [2.75, 3.05) is 46.9 Å². The number of halogens is 3. The molecule has 1 N–H and O–H groups in total. The third-order valence-corrected chi connectivity index (χ3v) is 4.92. The van der Waals surface area contributed by atoms with E-state index in [1.165, 1.54) is 0 Å².